The van der Waals surface area contributed by atoms with Crippen LogP contribution < -0.4 is 20.7 Å². The number of rotatable bonds is 14. The lowest BCUT2D eigenvalue weighted by atomic mass is 9.76. The van der Waals surface area contributed by atoms with Gasteiger partial charge in [-0.05, 0) is 54.3 Å². The number of ether oxygens (including phenoxy) is 1. The highest BCUT2D eigenvalue weighted by Gasteiger charge is 2.52. The van der Waals surface area contributed by atoms with Crippen LogP contribution in [0.1, 0.15) is 45.3 Å². The summed E-state index contributed by atoms with van der Waals surface area (Å²) in [6, 6.07) is 7.40. The lowest BCUT2D eigenvalue weighted by Gasteiger charge is -2.37. The number of ketones is 1. The predicted octanol–water partition coefficient (Wildman–Crippen LogP) is 7.19. The number of allylic oxidation sites excluding steroid dienone is 3. The Bertz CT molecular complexity index is 1600. The fraction of sp³-hybridized carbons (Fsp3) is 0.394. The summed E-state index contributed by atoms with van der Waals surface area (Å²) in [5.74, 6) is -12.0. The van der Waals surface area contributed by atoms with Crippen molar-refractivity contribution in [1.29, 1.82) is 0 Å². The van der Waals surface area contributed by atoms with Gasteiger partial charge in [0.25, 0.3) is 5.91 Å². The Balaban J connectivity index is 1.90. The van der Waals surface area contributed by atoms with E-state index in [-0.39, 0.29) is 22.9 Å². The maximum atomic E-state index is 14.8. The highest BCUT2D eigenvalue weighted by Crippen LogP contribution is 2.34. The molecule has 0 aromatic heterocycles. The summed E-state index contributed by atoms with van der Waals surface area (Å²) in [6.45, 7) is 2.11. The van der Waals surface area contributed by atoms with Crippen molar-refractivity contribution in [1.82, 2.24) is 16.0 Å². The van der Waals surface area contributed by atoms with Crippen molar-refractivity contribution >= 4 is 58.3 Å². The number of Topliss-reactive ketones (excluding diaryl/α,β-unsaturated/α-hetero) is 1. The molecular weight excluding hydrogens is 720 g/mol. The monoisotopic (exact) mass is 751 g/mol. The van der Waals surface area contributed by atoms with Crippen LogP contribution in [-0.4, -0.2) is 54.2 Å². The average Bonchev–Trinajstić information content (AvgIpc) is 3.02. The summed E-state index contributed by atoms with van der Waals surface area (Å²) in [5, 5.41) is 6.70. The van der Waals surface area contributed by atoms with Gasteiger partial charge in [-0.15, -0.1) is 0 Å². The van der Waals surface area contributed by atoms with Crippen LogP contribution in [-0.2, 0) is 19.2 Å². The minimum absolute atomic E-state index is 0.182. The van der Waals surface area contributed by atoms with Gasteiger partial charge < -0.3 is 20.7 Å². The molecule has 4 atom stereocenters. The second-order valence-corrected chi connectivity index (χ2v) is 13.2. The maximum Gasteiger partial charge on any atom is 0.405 e. The van der Waals surface area contributed by atoms with Crippen LogP contribution in [0, 0.1) is 11.3 Å². The smallest absolute Gasteiger partial charge is 0.405 e. The van der Waals surface area contributed by atoms with Gasteiger partial charge in [0, 0.05) is 10.4 Å². The van der Waals surface area contributed by atoms with Gasteiger partial charge in [0.2, 0.25) is 17.6 Å². The zero-order valence-corrected chi connectivity index (χ0v) is 28.6. The van der Waals surface area contributed by atoms with Crippen molar-refractivity contribution in [2.24, 2.45) is 11.3 Å². The number of nitrogens with one attached hydrogen (secondary N) is 3. The molecule has 0 spiro atoms. The van der Waals surface area contributed by atoms with E-state index in [1.54, 1.807) is 61.6 Å². The number of alkyl halides is 5. The summed E-state index contributed by atoms with van der Waals surface area (Å²) < 4.78 is 73.4. The summed E-state index contributed by atoms with van der Waals surface area (Å²) in [4.78, 5) is 52.3. The molecule has 266 valence electrons. The van der Waals surface area contributed by atoms with Gasteiger partial charge in [-0.3, -0.25) is 19.2 Å². The molecule has 0 saturated carbocycles. The molecule has 49 heavy (non-hydrogen) atoms. The van der Waals surface area contributed by atoms with Crippen molar-refractivity contribution in [2.45, 2.75) is 63.9 Å². The Labute approximate surface area is 294 Å². The largest absolute Gasteiger partial charge is 0.485 e. The molecule has 0 bridgehead atoms. The summed E-state index contributed by atoms with van der Waals surface area (Å²) in [6.07, 6.45) is 0.458. The highest BCUT2D eigenvalue weighted by atomic mass is 35.5. The molecule has 0 aliphatic heterocycles. The molecule has 2 aromatic rings. The Morgan fingerprint density at radius 2 is 1.57 bits per heavy atom. The number of hydrogen-bond acceptors (Lipinski definition) is 5. The van der Waals surface area contributed by atoms with Crippen LogP contribution in [0.3, 0.4) is 0 Å². The van der Waals surface area contributed by atoms with Crippen LogP contribution in [0.25, 0.3) is 0 Å². The van der Waals surface area contributed by atoms with Crippen LogP contribution in [0.15, 0.2) is 66.8 Å². The van der Waals surface area contributed by atoms with Crippen molar-refractivity contribution in [3.05, 3.63) is 87.4 Å². The second kappa shape index (κ2) is 16.4. The fourth-order valence-electron chi connectivity index (χ4n) is 4.86. The molecule has 0 radical (unpaired) electrons. The summed E-state index contributed by atoms with van der Waals surface area (Å²) >= 11 is 18.3. The molecule has 8 nitrogen and oxygen atoms in total. The Morgan fingerprint density at radius 1 is 0.918 bits per heavy atom. The van der Waals surface area contributed by atoms with Crippen LogP contribution in [0.5, 0.6) is 5.75 Å². The average molecular weight is 753 g/mol. The number of hydrogen-bond donors (Lipinski definition) is 3. The lowest BCUT2D eigenvalue weighted by molar-refractivity contribution is -0.165. The SMILES string of the molecule is CC(C)[C@H](NC(=O)[C@@H](NC(=O)CC(Oc1ccc(Cl)cc1)c1ccc(Cl)c(Cl)c1)C1(C)C=CC=CC1)C(=O)C(F)(F)C(=O)NCC(F)(F)F. The minimum Gasteiger partial charge on any atom is -0.485 e. The van der Waals surface area contributed by atoms with Crippen LogP contribution in [0.2, 0.25) is 15.1 Å². The quantitative estimate of drug-likeness (QED) is 0.140. The van der Waals surface area contributed by atoms with E-state index < -0.39 is 71.7 Å². The number of benzene rings is 2. The summed E-state index contributed by atoms with van der Waals surface area (Å²) in [7, 11) is 0. The normalized spacial score (nSPS) is 18.0. The second-order valence-electron chi connectivity index (χ2n) is 11.9. The molecule has 0 saturated heterocycles. The Kier molecular flexibility index (Phi) is 13.3. The third-order valence-corrected chi connectivity index (χ3v) is 8.57. The van der Waals surface area contributed by atoms with Crippen LogP contribution in [0.4, 0.5) is 22.0 Å². The standard InChI is InChI=1S/C33H33Cl3F5N3O5/c1-18(2)26(28(46)33(40,41)30(48)42-17-32(37,38)39)44-29(47)27(31(3)13-5-4-6-14-31)43-25(45)16-24(19-7-12-22(35)23(36)15-19)49-21-10-8-20(34)9-11-21/h4-13,15,18,24,26-27H,14,16-17H2,1-3H3,(H,42,48)(H,43,45)(H,44,47)/t24?,26-,27+,31?/m0/s1. The molecule has 2 aromatic carbocycles. The Hall–Kier alpha value is -3.68. The number of halogens is 8. The van der Waals surface area contributed by atoms with Gasteiger partial charge in [0.05, 0.1) is 22.5 Å². The van der Waals surface area contributed by atoms with Gasteiger partial charge in [0.1, 0.15) is 24.4 Å². The van der Waals surface area contributed by atoms with Gasteiger partial charge >= 0.3 is 12.1 Å². The first-order valence-electron chi connectivity index (χ1n) is 14.8. The van der Waals surface area contributed by atoms with E-state index in [9.17, 15) is 41.1 Å². The molecule has 1 aliphatic carbocycles. The number of carbonyl (C=O) groups excluding carboxylic acids is 4. The first kappa shape index (κ1) is 39.8. The molecule has 16 heteroatoms. The van der Waals surface area contributed by atoms with Crippen molar-refractivity contribution < 1.29 is 45.9 Å². The highest BCUT2D eigenvalue weighted by molar-refractivity contribution is 6.42. The van der Waals surface area contributed by atoms with E-state index in [4.69, 9.17) is 39.5 Å². The zero-order valence-electron chi connectivity index (χ0n) is 26.3. The minimum atomic E-state index is -5.01. The predicted molar refractivity (Wildman–Crippen MR) is 175 cm³/mol. The first-order chi connectivity index (χ1) is 22.7. The molecule has 3 rings (SSSR count). The third-order valence-electron chi connectivity index (χ3n) is 7.58. The van der Waals surface area contributed by atoms with E-state index in [0.717, 1.165) is 5.32 Å². The van der Waals surface area contributed by atoms with Gasteiger partial charge in [-0.25, -0.2) is 0 Å². The maximum absolute atomic E-state index is 14.8. The van der Waals surface area contributed by atoms with E-state index >= 15 is 0 Å². The third kappa shape index (κ3) is 10.9. The van der Waals surface area contributed by atoms with Crippen molar-refractivity contribution in [2.75, 3.05) is 6.54 Å². The van der Waals surface area contributed by atoms with Gasteiger partial charge in [-0.2, -0.15) is 22.0 Å². The van der Waals surface area contributed by atoms with E-state index in [1.165, 1.54) is 26.0 Å². The zero-order chi connectivity index (χ0) is 36.7. The molecule has 3 amide bonds. The molecule has 3 N–H and O–H groups in total. The van der Waals surface area contributed by atoms with Crippen molar-refractivity contribution in [3.8, 4) is 5.75 Å². The van der Waals surface area contributed by atoms with Gasteiger partial charge in [-0.1, -0.05) is 85.9 Å². The first-order valence-corrected chi connectivity index (χ1v) is 16.0. The van der Waals surface area contributed by atoms with Crippen LogP contribution >= 0.6 is 34.8 Å². The number of amides is 3. The molecule has 0 heterocycles. The van der Waals surface area contributed by atoms with E-state index in [2.05, 4.69) is 10.6 Å². The van der Waals surface area contributed by atoms with E-state index in [1.807, 2.05) is 0 Å². The van der Waals surface area contributed by atoms with Gasteiger partial charge in [0.15, 0.2) is 0 Å². The topological polar surface area (TPSA) is 114 Å². The number of carbonyl (C=O) groups is 4. The van der Waals surface area contributed by atoms with E-state index in [0.29, 0.717) is 16.3 Å². The fourth-order valence-corrected chi connectivity index (χ4v) is 5.30. The van der Waals surface area contributed by atoms with Crippen molar-refractivity contribution in [3.63, 3.8) is 0 Å². The Morgan fingerprint density at radius 3 is 2.12 bits per heavy atom. The molecule has 2 unspecified atom stereocenters. The molecule has 0 fully saturated rings. The summed E-state index contributed by atoms with van der Waals surface area (Å²) in [5.41, 5.74) is -0.689. The molecule has 1 aliphatic rings. The molecular formula is C33H33Cl3F5N3O5. The lowest BCUT2D eigenvalue weighted by Crippen LogP contribution is -2.61.